The van der Waals surface area contributed by atoms with Crippen molar-refractivity contribution < 1.29 is 19.1 Å². The van der Waals surface area contributed by atoms with Crippen molar-refractivity contribution in [3.8, 4) is 5.75 Å². The molecule has 2 aromatic rings. The minimum atomic E-state index is -0.306. The van der Waals surface area contributed by atoms with Crippen molar-refractivity contribution in [2.24, 2.45) is 0 Å². The molecule has 0 saturated heterocycles. The van der Waals surface area contributed by atoms with Gasteiger partial charge in [0.2, 0.25) is 0 Å². The Morgan fingerprint density at radius 1 is 1.07 bits per heavy atom. The standard InChI is InChI=1S/C20H23BrN2O4/c1-3-10-27-18-8-7-15(21)13-17(18)20(25)23-16-6-4-5-14(12-16)19(24)22-9-11-26-2/h4-8,12-13H,3,9-11H2,1-2H3,(H,22,24)(H,23,25). The molecule has 0 bridgehead atoms. The number of hydrogen-bond acceptors (Lipinski definition) is 4. The highest BCUT2D eigenvalue weighted by Gasteiger charge is 2.14. The van der Waals surface area contributed by atoms with Crippen LogP contribution in [0.15, 0.2) is 46.9 Å². The number of nitrogens with one attached hydrogen (secondary N) is 2. The molecule has 2 aromatic carbocycles. The van der Waals surface area contributed by atoms with Crippen LogP contribution in [-0.4, -0.2) is 38.7 Å². The molecular weight excluding hydrogens is 412 g/mol. The van der Waals surface area contributed by atoms with Crippen LogP contribution in [0.2, 0.25) is 0 Å². The van der Waals surface area contributed by atoms with E-state index in [1.807, 2.05) is 13.0 Å². The van der Waals surface area contributed by atoms with Gasteiger partial charge in [-0.2, -0.15) is 0 Å². The van der Waals surface area contributed by atoms with Crippen molar-refractivity contribution >= 4 is 33.4 Å². The highest BCUT2D eigenvalue weighted by molar-refractivity contribution is 9.10. The number of methoxy groups -OCH3 is 1. The van der Waals surface area contributed by atoms with Gasteiger partial charge in [0, 0.05) is 29.4 Å². The molecule has 0 spiro atoms. The van der Waals surface area contributed by atoms with E-state index < -0.39 is 0 Å². The molecule has 0 radical (unpaired) electrons. The number of rotatable bonds is 9. The first-order valence-corrected chi connectivity index (χ1v) is 9.45. The van der Waals surface area contributed by atoms with Crippen LogP contribution < -0.4 is 15.4 Å². The normalized spacial score (nSPS) is 10.3. The number of ether oxygens (including phenoxy) is 2. The lowest BCUT2D eigenvalue weighted by Gasteiger charge is -2.12. The maximum Gasteiger partial charge on any atom is 0.259 e. The van der Waals surface area contributed by atoms with E-state index in [0.717, 1.165) is 10.9 Å². The van der Waals surface area contributed by atoms with Gasteiger partial charge in [-0.15, -0.1) is 0 Å². The average Bonchev–Trinajstić information content (AvgIpc) is 2.67. The Morgan fingerprint density at radius 2 is 1.89 bits per heavy atom. The minimum absolute atomic E-state index is 0.224. The van der Waals surface area contributed by atoms with Gasteiger partial charge in [0.1, 0.15) is 5.75 Å². The van der Waals surface area contributed by atoms with Gasteiger partial charge in [-0.3, -0.25) is 9.59 Å². The van der Waals surface area contributed by atoms with Crippen LogP contribution in [-0.2, 0) is 4.74 Å². The Labute approximate surface area is 167 Å². The van der Waals surface area contributed by atoms with E-state index in [1.165, 1.54) is 0 Å². The summed E-state index contributed by atoms with van der Waals surface area (Å²) in [5.74, 6) is -0.0112. The zero-order valence-corrected chi connectivity index (χ0v) is 17.0. The van der Waals surface area contributed by atoms with Crippen molar-refractivity contribution in [3.05, 3.63) is 58.1 Å². The van der Waals surface area contributed by atoms with Crippen molar-refractivity contribution in [1.82, 2.24) is 5.32 Å². The summed E-state index contributed by atoms with van der Waals surface area (Å²) in [5.41, 5.74) is 1.41. The summed E-state index contributed by atoms with van der Waals surface area (Å²) in [5, 5.41) is 5.57. The molecule has 0 atom stereocenters. The fourth-order valence-corrected chi connectivity index (χ4v) is 2.68. The SMILES string of the molecule is CCCOc1ccc(Br)cc1C(=O)Nc1cccc(C(=O)NCCOC)c1. The molecule has 144 valence electrons. The number of carbonyl (C=O) groups excluding carboxylic acids is 2. The topological polar surface area (TPSA) is 76.7 Å². The predicted molar refractivity (Wildman–Crippen MR) is 109 cm³/mol. The molecule has 2 rings (SSSR count). The summed E-state index contributed by atoms with van der Waals surface area (Å²) in [6, 6.07) is 12.1. The summed E-state index contributed by atoms with van der Waals surface area (Å²) in [7, 11) is 1.57. The Hall–Kier alpha value is -2.38. The largest absolute Gasteiger partial charge is 0.493 e. The van der Waals surface area contributed by atoms with E-state index >= 15 is 0 Å². The molecule has 0 aliphatic carbocycles. The minimum Gasteiger partial charge on any atom is -0.493 e. The second kappa shape index (κ2) is 10.7. The monoisotopic (exact) mass is 434 g/mol. The number of halogens is 1. The zero-order chi connectivity index (χ0) is 19.6. The van der Waals surface area contributed by atoms with Gasteiger partial charge in [0.25, 0.3) is 11.8 Å². The van der Waals surface area contributed by atoms with Crippen LogP contribution in [0, 0.1) is 0 Å². The van der Waals surface area contributed by atoms with Crippen LogP contribution in [0.3, 0.4) is 0 Å². The number of anilines is 1. The molecule has 0 fully saturated rings. The fraction of sp³-hybridized carbons (Fsp3) is 0.300. The lowest BCUT2D eigenvalue weighted by Crippen LogP contribution is -2.27. The van der Waals surface area contributed by atoms with Crippen LogP contribution in [0.25, 0.3) is 0 Å². The molecule has 0 aliphatic rings. The number of amides is 2. The molecule has 0 saturated carbocycles. The molecule has 6 nitrogen and oxygen atoms in total. The quantitative estimate of drug-likeness (QED) is 0.587. The molecule has 2 amide bonds. The maximum atomic E-state index is 12.7. The Morgan fingerprint density at radius 3 is 2.63 bits per heavy atom. The Bertz CT molecular complexity index is 795. The van der Waals surface area contributed by atoms with Crippen molar-refractivity contribution in [2.75, 3.05) is 32.2 Å². The molecule has 27 heavy (non-hydrogen) atoms. The van der Waals surface area contributed by atoms with Gasteiger partial charge in [0.15, 0.2) is 0 Å². The number of hydrogen-bond donors (Lipinski definition) is 2. The first-order chi connectivity index (χ1) is 13.0. The van der Waals surface area contributed by atoms with E-state index in [0.29, 0.717) is 42.3 Å². The lowest BCUT2D eigenvalue weighted by molar-refractivity contribution is 0.0936. The van der Waals surface area contributed by atoms with Gasteiger partial charge < -0.3 is 20.1 Å². The lowest BCUT2D eigenvalue weighted by atomic mass is 10.1. The van der Waals surface area contributed by atoms with Gasteiger partial charge in [-0.05, 0) is 42.8 Å². The molecule has 0 aromatic heterocycles. The zero-order valence-electron chi connectivity index (χ0n) is 15.4. The van der Waals surface area contributed by atoms with Crippen molar-refractivity contribution in [3.63, 3.8) is 0 Å². The Balaban J connectivity index is 2.13. The van der Waals surface area contributed by atoms with Crippen molar-refractivity contribution in [2.45, 2.75) is 13.3 Å². The molecule has 0 unspecified atom stereocenters. The van der Waals surface area contributed by atoms with Gasteiger partial charge in [0.05, 0.1) is 18.8 Å². The molecule has 7 heteroatoms. The van der Waals surface area contributed by atoms with Crippen LogP contribution in [0.4, 0.5) is 5.69 Å². The summed E-state index contributed by atoms with van der Waals surface area (Å²) in [6.45, 7) is 3.38. The van der Waals surface area contributed by atoms with E-state index in [9.17, 15) is 9.59 Å². The maximum absolute atomic E-state index is 12.7. The van der Waals surface area contributed by atoms with Gasteiger partial charge >= 0.3 is 0 Å². The highest BCUT2D eigenvalue weighted by Crippen LogP contribution is 2.25. The second-order valence-electron chi connectivity index (χ2n) is 5.77. The smallest absolute Gasteiger partial charge is 0.259 e. The first kappa shape index (κ1) is 20.9. The van der Waals surface area contributed by atoms with Crippen molar-refractivity contribution in [1.29, 1.82) is 0 Å². The third-order valence-electron chi connectivity index (χ3n) is 3.62. The average molecular weight is 435 g/mol. The second-order valence-corrected chi connectivity index (χ2v) is 6.69. The third kappa shape index (κ3) is 6.37. The fourth-order valence-electron chi connectivity index (χ4n) is 2.32. The molecule has 0 heterocycles. The van der Waals surface area contributed by atoms with Crippen LogP contribution in [0.1, 0.15) is 34.1 Å². The summed E-state index contributed by atoms with van der Waals surface area (Å²) in [4.78, 5) is 24.9. The van der Waals surface area contributed by atoms with E-state index in [-0.39, 0.29) is 11.8 Å². The summed E-state index contributed by atoms with van der Waals surface area (Å²) < 4.78 is 11.4. The summed E-state index contributed by atoms with van der Waals surface area (Å²) >= 11 is 3.38. The van der Waals surface area contributed by atoms with Crippen LogP contribution in [0.5, 0.6) is 5.75 Å². The highest BCUT2D eigenvalue weighted by atomic mass is 79.9. The van der Waals surface area contributed by atoms with Gasteiger partial charge in [-0.1, -0.05) is 28.9 Å². The third-order valence-corrected chi connectivity index (χ3v) is 4.12. The molecule has 0 aliphatic heterocycles. The summed E-state index contributed by atoms with van der Waals surface area (Å²) in [6.07, 6.45) is 0.845. The van der Waals surface area contributed by atoms with Crippen LogP contribution >= 0.6 is 15.9 Å². The Kier molecular flexibility index (Phi) is 8.29. The number of carbonyl (C=O) groups is 2. The predicted octanol–water partition coefficient (Wildman–Crippen LogP) is 3.87. The molecule has 2 N–H and O–H groups in total. The van der Waals surface area contributed by atoms with Gasteiger partial charge in [-0.25, -0.2) is 0 Å². The van der Waals surface area contributed by atoms with E-state index in [4.69, 9.17) is 9.47 Å². The van der Waals surface area contributed by atoms with E-state index in [1.54, 1.807) is 43.5 Å². The molecular formula is C20H23BrN2O4. The first-order valence-electron chi connectivity index (χ1n) is 8.66. The van der Waals surface area contributed by atoms with E-state index in [2.05, 4.69) is 26.6 Å². The number of benzene rings is 2.